The highest BCUT2D eigenvalue weighted by Crippen LogP contribution is 1.91. The maximum Gasteiger partial charge on any atom is 0.222 e. The van der Waals surface area contributed by atoms with Crippen molar-refractivity contribution in [2.75, 3.05) is 40.0 Å². The summed E-state index contributed by atoms with van der Waals surface area (Å²) in [5.41, 5.74) is 0. The second-order valence-electron chi connectivity index (χ2n) is 4.16. The number of rotatable bonds is 9. The van der Waals surface area contributed by atoms with E-state index in [0.29, 0.717) is 13.0 Å². The van der Waals surface area contributed by atoms with Gasteiger partial charge in [0.2, 0.25) is 15.9 Å². The summed E-state index contributed by atoms with van der Waals surface area (Å²) >= 11 is 0. The molecular weight excluding hydrogens is 242 g/mol. The van der Waals surface area contributed by atoms with Crippen molar-refractivity contribution < 1.29 is 13.2 Å². The molecule has 0 aromatic rings. The molecule has 0 aromatic carbocycles. The van der Waals surface area contributed by atoms with E-state index >= 15 is 0 Å². The number of carbonyl (C=O) groups excluding carboxylic acids is 1. The van der Waals surface area contributed by atoms with Gasteiger partial charge >= 0.3 is 0 Å². The van der Waals surface area contributed by atoms with Crippen LogP contribution >= 0.6 is 0 Å². The molecule has 0 rings (SSSR count). The van der Waals surface area contributed by atoms with E-state index in [1.165, 1.54) is 0 Å². The van der Waals surface area contributed by atoms with E-state index in [2.05, 4.69) is 10.0 Å². The minimum Gasteiger partial charge on any atom is -0.349 e. The number of hydrogen-bond acceptors (Lipinski definition) is 4. The Bertz CT molecular complexity index is 315. The number of nitrogens with one attached hydrogen (secondary N) is 2. The van der Waals surface area contributed by atoms with Crippen LogP contribution in [0.15, 0.2) is 0 Å². The van der Waals surface area contributed by atoms with E-state index in [1.807, 2.05) is 0 Å². The van der Waals surface area contributed by atoms with Gasteiger partial charge < -0.3 is 10.2 Å². The molecule has 0 atom stereocenters. The lowest BCUT2D eigenvalue weighted by molar-refractivity contribution is -0.128. The SMILES string of the molecule is CN(C)C(=O)CCCNCCCNS(C)(=O)=O. The van der Waals surface area contributed by atoms with Crippen LogP contribution < -0.4 is 10.0 Å². The lowest BCUT2D eigenvalue weighted by atomic mass is 10.3. The first-order chi connectivity index (χ1) is 7.83. The fraction of sp³-hybridized carbons (Fsp3) is 0.900. The van der Waals surface area contributed by atoms with Crippen LogP contribution in [0, 0.1) is 0 Å². The maximum atomic E-state index is 11.2. The summed E-state index contributed by atoms with van der Waals surface area (Å²) in [5, 5.41) is 3.16. The molecule has 1 amide bonds. The topological polar surface area (TPSA) is 78.5 Å². The van der Waals surface area contributed by atoms with Crippen LogP contribution in [0.2, 0.25) is 0 Å². The monoisotopic (exact) mass is 265 g/mol. The van der Waals surface area contributed by atoms with E-state index in [1.54, 1.807) is 19.0 Å². The van der Waals surface area contributed by atoms with Gasteiger partial charge in [0.05, 0.1) is 6.26 Å². The van der Waals surface area contributed by atoms with Gasteiger partial charge in [0.15, 0.2) is 0 Å². The lowest BCUT2D eigenvalue weighted by Crippen LogP contribution is -2.27. The fourth-order valence-electron chi connectivity index (χ4n) is 1.18. The quantitative estimate of drug-likeness (QED) is 0.545. The predicted molar refractivity (Wildman–Crippen MR) is 68.3 cm³/mol. The van der Waals surface area contributed by atoms with E-state index in [0.717, 1.165) is 32.2 Å². The first-order valence-corrected chi connectivity index (χ1v) is 7.57. The highest BCUT2D eigenvalue weighted by molar-refractivity contribution is 7.88. The van der Waals surface area contributed by atoms with Gasteiger partial charge in [-0.1, -0.05) is 0 Å². The van der Waals surface area contributed by atoms with Crippen molar-refractivity contribution in [3.05, 3.63) is 0 Å². The van der Waals surface area contributed by atoms with Crippen LogP contribution in [0.3, 0.4) is 0 Å². The van der Waals surface area contributed by atoms with E-state index in [9.17, 15) is 13.2 Å². The highest BCUT2D eigenvalue weighted by Gasteiger charge is 2.02. The lowest BCUT2D eigenvalue weighted by Gasteiger charge is -2.10. The van der Waals surface area contributed by atoms with Crippen LogP contribution in [-0.2, 0) is 14.8 Å². The Morgan fingerprint density at radius 2 is 1.71 bits per heavy atom. The number of hydrogen-bond donors (Lipinski definition) is 2. The predicted octanol–water partition coefficient (Wildman–Crippen LogP) is -0.616. The number of sulfonamides is 1. The summed E-state index contributed by atoms with van der Waals surface area (Å²) in [5.74, 6) is 0.130. The van der Waals surface area contributed by atoms with Crippen molar-refractivity contribution in [3.8, 4) is 0 Å². The summed E-state index contributed by atoms with van der Waals surface area (Å²) in [6.45, 7) is 1.97. The molecule has 0 aliphatic rings. The highest BCUT2D eigenvalue weighted by atomic mass is 32.2. The molecule has 2 N–H and O–H groups in total. The maximum absolute atomic E-state index is 11.2. The van der Waals surface area contributed by atoms with Gasteiger partial charge in [-0.2, -0.15) is 0 Å². The summed E-state index contributed by atoms with van der Waals surface area (Å²) in [7, 11) is 0.415. The first-order valence-electron chi connectivity index (χ1n) is 5.68. The second-order valence-corrected chi connectivity index (χ2v) is 5.99. The fourth-order valence-corrected chi connectivity index (χ4v) is 1.70. The number of carbonyl (C=O) groups is 1. The van der Waals surface area contributed by atoms with Crippen LogP contribution in [-0.4, -0.2) is 59.2 Å². The Morgan fingerprint density at radius 3 is 2.24 bits per heavy atom. The molecule has 0 radical (unpaired) electrons. The summed E-state index contributed by atoms with van der Waals surface area (Å²) in [6.07, 6.45) is 3.24. The van der Waals surface area contributed by atoms with Gasteiger partial charge in [-0.05, 0) is 25.9 Å². The normalized spacial score (nSPS) is 11.5. The van der Waals surface area contributed by atoms with Gasteiger partial charge in [0.1, 0.15) is 0 Å². The average Bonchev–Trinajstić information content (AvgIpc) is 2.19. The molecule has 17 heavy (non-hydrogen) atoms. The summed E-state index contributed by atoms with van der Waals surface area (Å²) in [4.78, 5) is 12.8. The molecular formula is C10H23N3O3S. The van der Waals surface area contributed by atoms with Crippen LogP contribution in [0.25, 0.3) is 0 Å². The van der Waals surface area contributed by atoms with E-state index in [4.69, 9.17) is 0 Å². The van der Waals surface area contributed by atoms with Crippen molar-refractivity contribution in [2.24, 2.45) is 0 Å². The van der Waals surface area contributed by atoms with Gasteiger partial charge in [0.25, 0.3) is 0 Å². The van der Waals surface area contributed by atoms with E-state index < -0.39 is 10.0 Å². The summed E-state index contributed by atoms with van der Waals surface area (Å²) < 4.78 is 23.9. The second kappa shape index (κ2) is 8.43. The molecule has 0 aliphatic heterocycles. The van der Waals surface area contributed by atoms with Gasteiger partial charge in [-0.3, -0.25) is 4.79 Å². The molecule has 0 heterocycles. The molecule has 0 saturated heterocycles. The zero-order valence-electron chi connectivity index (χ0n) is 10.8. The Morgan fingerprint density at radius 1 is 1.12 bits per heavy atom. The summed E-state index contributed by atoms with van der Waals surface area (Å²) in [6, 6.07) is 0. The minimum atomic E-state index is -3.07. The molecule has 0 spiro atoms. The van der Waals surface area contributed by atoms with Crippen LogP contribution in [0.4, 0.5) is 0 Å². The molecule has 0 fully saturated rings. The van der Waals surface area contributed by atoms with E-state index in [-0.39, 0.29) is 5.91 Å². The molecule has 0 unspecified atom stereocenters. The largest absolute Gasteiger partial charge is 0.349 e. The van der Waals surface area contributed by atoms with Crippen LogP contribution in [0.1, 0.15) is 19.3 Å². The molecule has 0 bridgehead atoms. The van der Waals surface area contributed by atoms with Crippen molar-refractivity contribution in [2.45, 2.75) is 19.3 Å². The van der Waals surface area contributed by atoms with Gasteiger partial charge in [-0.15, -0.1) is 0 Å². The molecule has 0 aliphatic carbocycles. The molecule has 102 valence electrons. The van der Waals surface area contributed by atoms with Crippen molar-refractivity contribution in [1.82, 2.24) is 14.9 Å². The van der Waals surface area contributed by atoms with Crippen molar-refractivity contribution in [3.63, 3.8) is 0 Å². The Labute approximate surface area is 104 Å². The molecule has 6 nitrogen and oxygen atoms in total. The zero-order valence-corrected chi connectivity index (χ0v) is 11.6. The Hall–Kier alpha value is -0.660. The average molecular weight is 265 g/mol. The minimum absolute atomic E-state index is 0.130. The third kappa shape index (κ3) is 11.6. The van der Waals surface area contributed by atoms with Crippen LogP contribution in [0.5, 0.6) is 0 Å². The zero-order chi connectivity index (χ0) is 13.3. The van der Waals surface area contributed by atoms with Crippen molar-refractivity contribution in [1.29, 1.82) is 0 Å². The molecule has 0 aromatic heterocycles. The Balaban J connectivity index is 3.28. The number of amides is 1. The Kier molecular flexibility index (Phi) is 8.11. The third-order valence-electron chi connectivity index (χ3n) is 2.14. The third-order valence-corrected chi connectivity index (χ3v) is 2.87. The number of nitrogens with zero attached hydrogens (tertiary/aromatic N) is 1. The standard InChI is InChI=1S/C10H23N3O3S/c1-13(2)10(14)6-4-7-11-8-5-9-12-17(3,15)16/h11-12H,4-9H2,1-3H3. The smallest absolute Gasteiger partial charge is 0.222 e. The van der Waals surface area contributed by atoms with Crippen molar-refractivity contribution >= 4 is 15.9 Å². The van der Waals surface area contributed by atoms with Gasteiger partial charge in [0, 0.05) is 27.1 Å². The first kappa shape index (κ1) is 16.3. The molecule has 0 saturated carbocycles. The van der Waals surface area contributed by atoms with Gasteiger partial charge in [-0.25, -0.2) is 13.1 Å². The molecule has 7 heteroatoms.